The number of hydrogen-bond donors (Lipinski definition) is 1. The molecule has 3 aliphatic rings. The number of nitrogens with zero attached hydrogens (tertiary/aromatic N) is 4. The molecule has 1 amide bonds. The van der Waals surface area contributed by atoms with E-state index < -0.39 is 5.97 Å². The molecule has 218 valence electrons. The Morgan fingerprint density at radius 2 is 1.81 bits per heavy atom. The van der Waals surface area contributed by atoms with Gasteiger partial charge in [0.2, 0.25) is 0 Å². The van der Waals surface area contributed by atoms with Crippen LogP contribution in [-0.2, 0) is 11.4 Å². The molecule has 0 spiro atoms. The summed E-state index contributed by atoms with van der Waals surface area (Å²) in [5.41, 5.74) is 5.59. The van der Waals surface area contributed by atoms with E-state index >= 15 is 0 Å². The topological polar surface area (TPSA) is 107 Å². The predicted molar refractivity (Wildman–Crippen MR) is 162 cm³/mol. The number of aliphatic carboxylic acids is 1. The molecule has 2 saturated heterocycles. The van der Waals surface area contributed by atoms with Crippen molar-refractivity contribution in [3.8, 4) is 23.1 Å². The van der Waals surface area contributed by atoms with Gasteiger partial charge in [-0.25, -0.2) is 4.98 Å². The van der Waals surface area contributed by atoms with Gasteiger partial charge in [0.05, 0.1) is 17.7 Å². The summed E-state index contributed by atoms with van der Waals surface area (Å²) in [6, 6.07) is 14.2. The molecule has 2 aromatic carbocycles. The van der Waals surface area contributed by atoms with Crippen LogP contribution >= 0.6 is 11.3 Å². The standard InChI is InChI=1S/C33H36N4O4S/c1-20-3-8-29(41-18-26-7-4-23(14-21(26)2)31(38)36-11-9-22(15-34)10-12-36)27(13-20)28-19-42-33(35-28)37-16-24-5-6-25(17-37)30(24)32(39)40/h3-4,7-8,13-14,19,22,24-25,30H,5-6,9-12,16-18H2,1-2H3,(H,39,40). The predicted octanol–water partition coefficient (Wildman–Crippen LogP) is 5.93. The molecule has 2 bridgehead atoms. The molecule has 3 aromatic rings. The Morgan fingerprint density at radius 1 is 1.07 bits per heavy atom. The van der Waals surface area contributed by atoms with Gasteiger partial charge in [0.15, 0.2) is 5.13 Å². The summed E-state index contributed by atoms with van der Waals surface area (Å²) < 4.78 is 6.35. The fourth-order valence-corrected chi connectivity index (χ4v) is 7.67. The first-order chi connectivity index (χ1) is 20.3. The van der Waals surface area contributed by atoms with Crippen LogP contribution in [0.1, 0.15) is 52.7 Å². The van der Waals surface area contributed by atoms with E-state index in [0.29, 0.717) is 25.3 Å². The van der Waals surface area contributed by atoms with E-state index in [1.165, 1.54) is 0 Å². The molecule has 2 aliphatic heterocycles. The summed E-state index contributed by atoms with van der Waals surface area (Å²) in [4.78, 5) is 33.9. The fourth-order valence-electron chi connectivity index (χ4n) is 6.83. The molecular formula is C33H36N4O4S. The Hall–Kier alpha value is -3.90. The lowest BCUT2D eigenvalue weighted by Gasteiger charge is -2.35. The lowest BCUT2D eigenvalue weighted by Crippen LogP contribution is -2.44. The van der Waals surface area contributed by atoms with Gasteiger partial charge in [0.1, 0.15) is 12.4 Å². The molecular weight excluding hydrogens is 548 g/mol. The number of carboxylic acid groups (broad SMARTS) is 1. The van der Waals surface area contributed by atoms with Gasteiger partial charge in [-0.15, -0.1) is 11.3 Å². The molecule has 1 saturated carbocycles. The van der Waals surface area contributed by atoms with E-state index in [4.69, 9.17) is 15.0 Å². The van der Waals surface area contributed by atoms with Crippen LogP contribution in [0.25, 0.3) is 11.3 Å². The second-order valence-corrected chi connectivity index (χ2v) is 12.8. The fraction of sp³-hybridized carbons (Fsp3) is 0.455. The minimum absolute atomic E-state index is 0.0160. The second kappa shape index (κ2) is 11.8. The van der Waals surface area contributed by atoms with Crippen LogP contribution in [0.15, 0.2) is 41.8 Å². The number of anilines is 1. The number of carbonyl (C=O) groups is 2. The first kappa shape index (κ1) is 28.2. The molecule has 9 heteroatoms. The summed E-state index contributed by atoms with van der Waals surface area (Å²) in [5.74, 6) is 0.305. The molecule has 1 aliphatic carbocycles. The highest BCUT2D eigenvalue weighted by Gasteiger charge is 2.46. The van der Waals surface area contributed by atoms with Crippen molar-refractivity contribution in [2.75, 3.05) is 31.1 Å². The number of thiazole rings is 1. The third-order valence-corrected chi connectivity index (χ3v) is 10.1. The number of hydrogen-bond acceptors (Lipinski definition) is 7. The van der Waals surface area contributed by atoms with Gasteiger partial charge < -0.3 is 19.6 Å². The maximum atomic E-state index is 13.0. The molecule has 3 heterocycles. The quantitative estimate of drug-likeness (QED) is 0.367. The monoisotopic (exact) mass is 584 g/mol. The van der Waals surface area contributed by atoms with Gasteiger partial charge in [-0.05, 0) is 86.8 Å². The van der Waals surface area contributed by atoms with Crippen LogP contribution in [0.5, 0.6) is 5.75 Å². The number of ether oxygens (including phenoxy) is 1. The molecule has 0 radical (unpaired) electrons. The minimum Gasteiger partial charge on any atom is -0.488 e. The molecule has 1 aromatic heterocycles. The summed E-state index contributed by atoms with van der Waals surface area (Å²) in [7, 11) is 0. The average molecular weight is 585 g/mol. The van der Waals surface area contributed by atoms with E-state index in [0.717, 1.165) is 77.6 Å². The first-order valence-electron chi connectivity index (χ1n) is 14.8. The van der Waals surface area contributed by atoms with Gasteiger partial charge in [-0.3, -0.25) is 9.59 Å². The smallest absolute Gasteiger partial charge is 0.307 e. The highest BCUT2D eigenvalue weighted by atomic mass is 32.1. The number of likely N-dealkylation sites (tertiary alicyclic amines) is 1. The number of piperidine rings is 2. The Morgan fingerprint density at radius 3 is 2.48 bits per heavy atom. The number of carboxylic acids is 1. The lowest BCUT2D eigenvalue weighted by atomic mass is 9.85. The normalized spacial score (nSPS) is 22.2. The van der Waals surface area contributed by atoms with Crippen LogP contribution < -0.4 is 9.64 Å². The van der Waals surface area contributed by atoms with Crippen molar-refractivity contribution >= 4 is 28.3 Å². The van der Waals surface area contributed by atoms with E-state index in [-0.39, 0.29) is 29.6 Å². The zero-order chi connectivity index (χ0) is 29.4. The van der Waals surface area contributed by atoms with Crippen LogP contribution in [-0.4, -0.2) is 53.0 Å². The summed E-state index contributed by atoms with van der Waals surface area (Å²) in [5, 5.41) is 21.8. The number of fused-ring (bicyclic) bond motifs is 2. The second-order valence-electron chi connectivity index (χ2n) is 12.0. The third-order valence-electron chi connectivity index (χ3n) is 9.23. The Labute approximate surface area is 250 Å². The van der Waals surface area contributed by atoms with E-state index in [2.05, 4.69) is 29.3 Å². The van der Waals surface area contributed by atoms with Gasteiger partial charge >= 0.3 is 5.97 Å². The molecule has 1 N–H and O–H groups in total. The molecule has 42 heavy (non-hydrogen) atoms. The number of aryl methyl sites for hydroxylation is 2. The van der Waals surface area contributed by atoms with Gasteiger partial charge in [0, 0.05) is 48.6 Å². The lowest BCUT2D eigenvalue weighted by molar-refractivity contribution is -0.144. The number of carbonyl (C=O) groups excluding carboxylic acids is 1. The van der Waals surface area contributed by atoms with Crippen molar-refractivity contribution < 1.29 is 19.4 Å². The van der Waals surface area contributed by atoms with Crippen molar-refractivity contribution in [2.24, 2.45) is 23.7 Å². The van der Waals surface area contributed by atoms with Gasteiger partial charge in [0.25, 0.3) is 5.91 Å². The number of benzene rings is 2. The van der Waals surface area contributed by atoms with Gasteiger partial charge in [-0.1, -0.05) is 17.7 Å². The number of rotatable bonds is 7. The van der Waals surface area contributed by atoms with E-state index in [1.807, 2.05) is 42.2 Å². The summed E-state index contributed by atoms with van der Waals surface area (Å²) in [6.07, 6.45) is 3.41. The molecule has 6 rings (SSSR count). The van der Waals surface area contributed by atoms with Crippen LogP contribution in [0.4, 0.5) is 5.13 Å². The largest absolute Gasteiger partial charge is 0.488 e. The van der Waals surface area contributed by atoms with Crippen LogP contribution in [0.2, 0.25) is 0 Å². The number of nitriles is 1. The van der Waals surface area contributed by atoms with Crippen molar-refractivity contribution in [2.45, 2.75) is 46.1 Å². The molecule has 8 nitrogen and oxygen atoms in total. The highest BCUT2D eigenvalue weighted by Crippen LogP contribution is 2.44. The van der Waals surface area contributed by atoms with Crippen LogP contribution in [0.3, 0.4) is 0 Å². The van der Waals surface area contributed by atoms with Crippen molar-refractivity contribution in [3.05, 3.63) is 64.0 Å². The molecule has 2 unspecified atom stereocenters. The Balaban J connectivity index is 1.14. The molecule has 2 atom stereocenters. The zero-order valence-electron chi connectivity index (χ0n) is 24.1. The highest BCUT2D eigenvalue weighted by molar-refractivity contribution is 7.14. The average Bonchev–Trinajstić information content (AvgIpc) is 3.59. The summed E-state index contributed by atoms with van der Waals surface area (Å²) >= 11 is 1.60. The zero-order valence-corrected chi connectivity index (χ0v) is 24.9. The van der Waals surface area contributed by atoms with Crippen molar-refractivity contribution in [1.82, 2.24) is 9.88 Å². The maximum absolute atomic E-state index is 13.0. The summed E-state index contributed by atoms with van der Waals surface area (Å²) in [6.45, 7) is 7.15. The number of amides is 1. The first-order valence-corrected chi connectivity index (χ1v) is 15.6. The van der Waals surface area contributed by atoms with E-state index in [1.54, 1.807) is 11.3 Å². The van der Waals surface area contributed by atoms with Crippen molar-refractivity contribution in [3.63, 3.8) is 0 Å². The minimum atomic E-state index is -0.656. The van der Waals surface area contributed by atoms with Gasteiger partial charge in [-0.2, -0.15) is 5.26 Å². The van der Waals surface area contributed by atoms with Crippen molar-refractivity contribution in [1.29, 1.82) is 5.26 Å². The van der Waals surface area contributed by atoms with E-state index in [9.17, 15) is 14.7 Å². The maximum Gasteiger partial charge on any atom is 0.307 e. The Bertz CT molecular complexity index is 1520. The number of aromatic nitrogens is 1. The Kier molecular flexibility index (Phi) is 7.91. The molecule has 3 fully saturated rings. The third kappa shape index (κ3) is 5.60. The SMILES string of the molecule is Cc1ccc(OCc2ccc(C(=O)N3CCC(C#N)CC3)cc2C)c(-c2csc(N3CC4CCC(C3)C4C(=O)O)n2)c1. The van der Waals surface area contributed by atoms with Crippen LogP contribution in [0, 0.1) is 48.9 Å².